The van der Waals surface area contributed by atoms with E-state index in [9.17, 15) is 4.79 Å². The van der Waals surface area contributed by atoms with Gasteiger partial charge in [-0.15, -0.1) is 0 Å². The molecule has 0 aromatic heterocycles. The van der Waals surface area contributed by atoms with Gasteiger partial charge < -0.3 is 14.6 Å². The highest BCUT2D eigenvalue weighted by Crippen LogP contribution is 1.85. The molecule has 0 saturated heterocycles. The Kier molecular flexibility index (Phi) is 5.78. The number of esters is 1. The third-order valence-corrected chi connectivity index (χ3v) is 0.910. The molecular weight excluding hydrogens is 148 g/mol. The number of hydrogen-bond acceptors (Lipinski definition) is 4. The lowest BCUT2D eigenvalue weighted by Gasteiger charge is -2.05. The second-order valence-electron chi connectivity index (χ2n) is 2.17. The minimum absolute atomic E-state index is 0.0336. The predicted molar refractivity (Wildman–Crippen MR) is 39.1 cm³/mol. The SMILES string of the molecule is CCOCC(=O)OCC(C)O. The van der Waals surface area contributed by atoms with Gasteiger partial charge in [-0.2, -0.15) is 0 Å². The molecule has 0 aromatic carbocycles. The fourth-order valence-corrected chi connectivity index (χ4v) is 0.441. The monoisotopic (exact) mass is 162 g/mol. The lowest BCUT2D eigenvalue weighted by Crippen LogP contribution is -2.18. The highest BCUT2D eigenvalue weighted by atomic mass is 16.6. The first-order valence-corrected chi connectivity index (χ1v) is 3.58. The van der Waals surface area contributed by atoms with Crippen LogP contribution in [0, 0.1) is 0 Å². The van der Waals surface area contributed by atoms with Crippen LogP contribution in [0.25, 0.3) is 0 Å². The summed E-state index contributed by atoms with van der Waals surface area (Å²) in [5.41, 5.74) is 0. The molecule has 0 radical (unpaired) electrons. The minimum atomic E-state index is -0.611. The number of carbonyl (C=O) groups excluding carboxylic acids is 1. The van der Waals surface area contributed by atoms with Crippen molar-refractivity contribution in [1.29, 1.82) is 0 Å². The molecule has 1 unspecified atom stereocenters. The van der Waals surface area contributed by atoms with E-state index in [4.69, 9.17) is 9.84 Å². The zero-order chi connectivity index (χ0) is 8.69. The lowest BCUT2D eigenvalue weighted by atomic mass is 10.4. The van der Waals surface area contributed by atoms with E-state index in [1.807, 2.05) is 0 Å². The van der Waals surface area contributed by atoms with Crippen LogP contribution < -0.4 is 0 Å². The Hall–Kier alpha value is -0.610. The molecule has 0 rings (SSSR count). The zero-order valence-corrected chi connectivity index (χ0v) is 6.87. The van der Waals surface area contributed by atoms with Gasteiger partial charge in [0, 0.05) is 6.61 Å². The average Bonchev–Trinajstić information content (AvgIpc) is 1.97. The van der Waals surface area contributed by atoms with Gasteiger partial charge in [0.25, 0.3) is 0 Å². The van der Waals surface area contributed by atoms with Crippen LogP contribution in [0.2, 0.25) is 0 Å². The molecule has 0 spiro atoms. The lowest BCUT2D eigenvalue weighted by molar-refractivity contribution is -0.151. The number of rotatable bonds is 5. The molecule has 0 aliphatic carbocycles. The van der Waals surface area contributed by atoms with Gasteiger partial charge in [-0.25, -0.2) is 4.79 Å². The van der Waals surface area contributed by atoms with Crippen LogP contribution in [0.15, 0.2) is 0 Å². The summed E-state index contributed by atoms with van der Waals surface area (Å²) >= 11 is 0. The molecule has 0 aliphatic rings. The molecule has 4 heteroatoms. The standard InChI is InChI=1S/C7H14O4/c1-3-10-5-7(9)11-4-6(2)8/h6,8H,3-5H2,1-2H3. The van der Waals surface area contributed by atoms with Gasteiger partial charge >= 0.3 is 5.97 Å². The van der Waals surface area contributed by atoms with Crippen LogP contribution in [0.3, 0.4) is 0 Å². The topological polar surface area (TPSA) is 55.8 Å². The molecule has 66 valence electrons. The van der Waals surface area contributed by atoms with Crippen molar-refractivity contribution in [3.63, 3.8) is 0 Å². The van der Waals surface area contributed by atoms with Crippen LogP contribution in [0.4, 0.5) is 0 Å². The summed E-state index contributed by atoms with van der Waals surface area (Å²) in [6, 6.07) is 0. The van der Waals surface area contributed by atoms with Crippen molar-refractivity contribution in [1.82, 2.24) is 0 Å². The zero-order valence-electron chi connectivity index (χ0n) is 6.87. The molecule has 1 atom stereocenters. The quantitative estimate of drug-likeness (QED) is 0.576. The van der Waals surface area contributed by atoms with E-state index in [-0.39, 0.29) is 13.2 Å². The Balaban J connectivity index is 3.23. The Morgan fingerprint density at radius 3 is 2.73 bits per heavy atom. The first-order chi connectivity index (χ1) is 5.16. The van der Waals surface area contributed by atoms with Crippen LogP contribution in [-0.4, -0.2) is 37.0 Å². The summed E-state index contributed by atoms with van der Waals surface area (Å²) in [5, 5.41) is 8.71. The van der Waals surface area contributed by atoms with E-state index in [0.29, 0.717) is 6.61 Å². The summed E-state index contributed by atoms with van der Waals surface area (Å²) in [6.45, 7) is 3.83. The maximum Gasteiger partial charge on any atom is 0.332 e. The maximum atomic E-state index is 10.6. The van der Waals surface area contributed by atoms with Gasteiger partial charge in [0.2, 0.25) is 0 Å². The number of aliphatic hydroxyl groups excluding tert-OH is 1. The molecule has 4 nitrogen and oxygen atoms in total. The van der Waals surface area contributed by atoms with E-state index in [2.05, 4.69) is 4.74 Å². The molecule has 0 bridgehead atoms. The highest BCUT2D eigenvalue weighted by Gasteiger charge is 2.03. The van der Waals surface area contributed by atoms with E-state index >= 15 is 0 Å². The van der Waals surface area contributed by atoms with Crippen LogP contribution in [0.1, 0.15) is 13.8 Å². The summed E-state index contributed by atoms with van der Waals surface area (Å²) in [4.78, 5) is 10.6. The summed E-state index contributed by atoms with van der Waals surface area (Å²) < 4.78 is 9.36. The molecule has 0 saturated carbocycles. The van der Waals surface area contributed by atoms with E-state index in [1.165, 1.54) is 0 Å². The number of aliphatic hydroxyl groups is 1. The molecule has 11 heavy (non-hydrogen) atoms. The normalized spacial score (nSPS) is 12.6. The second-order valence-corrected chi connectivity index (χ2v) is 2.17. The predicted octanol–water partition coefficient (Wildman–Crippen LogP) is -0.0531. The van der Waals surface area contributed by atoms with Crippen molar-refractivity contribution in [2.45, 2.75) is 20.0 Å². The fraction of sp³-hybridized carbons (Fsp3) is 0.857. The van der Waals surface area contributed by atoms with Crippen molar-refractivity contribution < 1.29 is 19.4 Å². The van der Waals surface area contributed by atoms with Gasteiger partial charge in [0.15, 0.2) is 0 Å². The van der Waals surface area contributed by atoms with Crippen molar-refractivity contribution in [2.75, 3.05) is 19.8 Å². The molecule has 0 fully saturated rings. The van der Waals surface area contributed by atoms with Gasteiger partial charge in [0.05, 0.1) is 6.10 Å². The van der Waals surface area contributed by atoms with Gasteiger partial charge in [-0.05, 0) is 13.8 Å². The molecule has 0 aliphatic heterocycles. The summed E-state index contributed by atoms with van der Waals surface area (Å²) in [5.74, 6) is -0.437. The number of carbonyl (C=O) groups is 1. The van der Waals surface area contributed by atoms with Crippen molar-refractivity contribution >= 4 is 5.97 Å². The van der Waals surface area contributed by atoms with E-state index in [1.54, 1.807) is 13.8 Å². The van der Waals surface area contributed by atoms with Crippen molar-refractivity contribution in [3.05, 3.63) is 0 Å². The van der Waals surface area contributed by atoms with Gasteiger partial charge in [-0.3, -0.25) is 0 Å². The minimum Gasteiger partial charge on any atom is -0.461 e. The Morgan fingerprint density at radius 2 is 2.27 bits per heavy atom. The Labute approximate surface area is 66.1 Å². The molecule has 0 heterocycles. The van der Waals surface area contributed by atoms with Crippen LogP contribution in [-0.2, 0) is 14.3 Å². The van der Waals surface area contributed by atoms with E-state index in [0.717, 1.165) is 0 Å². The Morgan fingerprint density at radius 1 is 1.64 bits per heavy atom. The smallest absolute Gasteiger partial charge is 0.332 e. The van der Waals surface area contributed by atoms with Crippen LogP contribution in [0.5, 0.6) is 0 Å². The summed E-state index contributed by atoms with van der Waals surface area (Å²) in [6.07, 6.45) is -0.611. The first-order valence-electron chi connectivity index (χ1n) is 3.58. The third-order valence-electron chi connectivity index (χ3n) is 0.910. The largest absolute Gasteiger partial charge is 0.461 e. The Bertz CT molecular complexity index is 111. The van der Waals surface area contributed by atoms with Crippen LogP contribution >= 0.6 is 0 Å². The highest BCUT2D eigenvalue weighted by molar-refractivity contribution is 5.70. The molecule has 1 N–H and O–H groups in total. The molecular formula is C7H14O4. The molecule has 0 amide bonds. The van der Waals surface area contributed by atoms with Gasteiger partial charge in [0.1, 0.15) is 13.2 Å². The number of ether oxygens (including phenoxy) is 2. The van der Waals surface area contributed by atoms with Gasteiger partial charge in [-0.1, -0.05) is 0 Å². The first kappa shape index (κ1) is 10.4. The average molecular weight is 162 g/mol. The second kappa shape index (κ2) is 6.12. The van der Waals surface area contributed by atoms with Crippen molar-refractivity contribution in [3.8, 4) is 0 Å². The fourth-order valence-electron chi connectivity index (χ4n) is 0.441. The van der Waals surface area contributed by atoms with Crippen molar-refractivity contribution in [2.24, 2.45) is 0 Å². The maximum absolute atomic E-state index is 10.6. The summed E-state index contributed by atoms with van der Waals surface area (Å²) in [7, 11) is 0. The van der Waals surface area contributed by atoms with E-state index < -0.39 is 12.1 Å². The third kappa shape index (κ3) is 7.29. The number of hydrogen-bond donors (Lipinski definition) is 1. The molecule has 0 aromatic rings.